The molecule has 1 atom stereocenters. The van der Waals surface area contributed by atoms with Gasteiger partial charge in [0.25, 0.3) is 0 Å². The predicted molar refractivity (Wildman–Crippen MR) is 105 cm³/mol. The molecule has 1 unspecified atom stereocenters. The van der Waals surface area contributed by atoms with Gasteiger partial charge in [0.05, 0.1) is 5.69 Å². The maximum atomic E-state index is 5.44. The molecule has 0 amide bonds. The van der Waals surface area contributed by atoms with Crippen LogP contribution in [0.2, 0.25) is 0 Å². The summed E-state index contributed by atoms with van der Waals surface area (Å²) in [4.78, 5) is 6.67. The Morgan fingerprint density at radius 2 is 1.80 bits per heavy atom. The normalized spacial score (nSPS) is 13.6. The lowest BCUT2D eigenvalue weighted by molar-refractivity contribution is 0.200. The molecule has 0 radical (unpaired) electrons. The Morgan fingerprint density at radius 3 is 2.28 bits per heavy atom. The van der Waals surface area contributed by atoms with Crippen LogP contribution < -0.4 is 10.6 Å². The van der Waals surface area contributed by atoms with Gasteiger partial charge in [-0.15, -0.1) is 0 Å². The molecule has 1 rings (SSSR count). The van der Waals surface area contributed by atoms with Gasteiger partial charge in [-0.25, -0.2) is 0 Å². The quantitative estimate of drug-likeness (QED) is 0.501. The predicted octanol–water partition coefficient (Wildman–Crippen LogP) is 2.83. The fourth-order valence-electron chi connectivity index (χ4n) is 3.34. The van der Waals surface area contributed by atoms with Gasteiger partial charge in [-0.05, 0) is 26.4 Å². The molecule has 0 saturated heterocycles. The molecule has 1 aromatic rings. The summed E-state index contributed by atoms with van der Waals surface area (Å²) in [6.45, 7) is 10.3. The van der Waals surface area contributed by atoms with Crippen LogP contribution in [0.15, 0.2) is 9.52 Å². The van der Waals surface area contributed by atoms with Crippen molar-refractivity contribution < 1.29 is 4.52 Å². The summed E-state index contributed by atoms with van der Waals surface area (Å²) in [6.07, 6.45) is 4.11. The largest absolute Gasteiger partial charge is 0.361 e. The van der Waals surface area contributed by atoms with E-state index in [0.717, 1.165) is 42.4 Å². The van der Waals surface area contributed by atoms with Crippen molar-refractivity contribution in [1.29, 1.82) is 0 Å². The van der Waals surface area contributed by atoms with Gasteiger partial charge in [0.15, 0.2) is 5.96 Å². The van der Waals surface area contributed by atoms with Gasteiger partial charge in [0.2, 0.25) is 0 Å². The fraction of sp³-hybridized carbons (Fsp3) is 0.789. The number of hydrogen-bond acceptors (Lipinski definition) is 4. The lowest BCUT2D eigenvalue weighted by atomic mass is 9.93. The minimum atomic E-state index is 0.488. The molecule has 0 aliphatic rings. The maximum Gasteiger partial charge on any atom is 0.191 e. The van der Waals surface area contributed by atoms with Gasteiger partial charge >= 0.3 is 0 Å². The first-order chi connectivity index (χ1) is 12.0. The number of aliphatic imine (C=N–C) groups is 1. The number of aryl methyl sites for hydroxylation is 2. The minimum Gasteiger partial charge on any atom is -0.361 e. The van der Waals surface area contributed by atoms with E-state index in [4.69, 9.17) is 4.52 Å². The Kier molecular flexibility index (Phi) is 9.57. The zero-order valence-electron chi connectivity index (χ0n) is 17.1. The van der Waals surface area contributed by atoms with Crippen LogP contribution in [-0.2, 0) is 19.4 Å². The lowest BCUT2D eigenvalue weighted by Crippen LogP contribution is -2.47. The first kappa shape index (κ1) is 21.5. The topological polar surface area (TPSA) is 65.7 Å². The van der Waals surface area contributed by atoms with Crippen molar-refractivity contribution in [3.8, 4) is 0 Å². The second-order valence-corrected chi connectivity index (χ2v) is 6.65. The number of likely N-dealkylation sites (N-methyl/N-ethyl adjacent to an activating group) is 1. The molecule has 0 saturated carbocycles. The van der Waals surface area contributed by atoms with Crippen LogP contribution in [0.25, 0.3) is 0 Å². The summed E-state index contributed by atoms with van der Waals surface area (Å²) in [5.74, 6) is 2.46. The molecule has 6 nitrogen and oxygen atoms in total. The van der Waals surface area contributed by atoms with Crippen LogP contribution >= 0.6 is 0 Å². The van der Waals surface area contributed by atoms with Crippen molar-refractivity contribution in [1.82, 2.24) is 20.7 Å². The third-order valence-corrected chi connectivity index (χ3v) is 5.00. The van der Waals surface area contributed by atoms with Crippen LogP contribution in [0.5, 0.6) is 0 Å². The van der Waals surface area contributed by atoms with E-state index in [2.05, 4.69) is 67.5 Å². The van der Waals surface area contributed by atoms with Gasteiger partial charge in [-0.1, -0.05) is 45.7 Å². The van der Waals surface area contributed by atoms with Crippen molar-refractivity contribution in [2.24, 2.45) is 10.9 Å². The molecule has 25 heavy (non-hydrogen) atoms. The zero-order valence-corrected chi connectivity index (χ0v) is 17.1. The van der Waals surface area contributed by atoms with Crippen molar-refractivity contribution in [2.45, 2.75) is 66.0 Å². The molecule has 0 aliphatic carbocycles. The van der Waals surface area contributed by atoms with E-state index >= 15 is 0 Å². The molecule has 0 aromatic carbocycles. The minimum absolute atomic E-state index is 0.488. The lowest BCUT2D eigenvalue weighted by Gasteiger charge is -2.32. The summed E-state index contributed by atoms with van der Waals surface area (Å²) in [5.41, 5.74) is 2.19. The first-order valence-electron chi connectivity index (χ1n) is 9.59. The SMILES string of the molecule is CCc1noc(CC)c1CNC(=NC)NCC(C(CC)CC)N(C)C. The van der Waals surface area contributed by atoms with Gasteiger partial charge in [-0.2, -0.15) is 0 Å². The average Bonchev–Trinajstić information content (AvgIpc) is 3.02. The summed E-state index contributed by atoms with van der Waals surface area (Å²) in [6, 6.07) is 0.488. The second kappa shape index (κ2) is 11.1. The molecular formula is C19H37N5O. The highest BCUT2D eigenvalue weighted by molar-refractivity contribution is 5.79. The average molecular weight is 352 g/mol. The Balaban J connectivity index is 2.67. The van der Waals surface area contributed by atoms with Gasteiger partial charge < -0.3 is 20.1 Å². The molecule has 2 N–H and O–H groups in total. The van der Waals surface area contributed by atoms with Crippen molar-refractivity contribution in [3.63, 3.8) is 0 Å². The van der Waals surface area contributed by atoms with Crippen LogP contribution in [0.4, 0.5) is 0 Å². The summed E-state index contributed by atoms with van der Waals surface area (Å²) >= 11 is 0. The molecule has 0 fully saturated rings. The molecular weight excluding hydrogens is 314 g/mol. The molecule has 1 aromatic heterocycles. The molecule has 0 aliphatic heterocycles. The molecule has 6 heteroatoms. The second-order valence-electron chi connectivity index (χ2n) is 6.65. The van der Waals surface area contributed by atoms with E-state index in [-0.39, 0.29) is 0 Å². The highest BCUT2D eigenvalue weighted by atomic mass is 16.5. The number of aromatic nitrogens is 1. The summed E-state index contributed by atoms with van der Waals surface area (Å²) in [5, 5.41) is 11.1. The van der Waals surface area contributed by atoms with E-state index in [1.165, 1.54) is 12.8 Å². The highest BCUT2D eigenvalue weighted by Gasteiger charge is 2.21. The smallest absolute Gasteiger partial charge is 0.191 e. The summed E-state index contributed by atoms with van der Waals surface area (Å²) < 4.78 is 5.44. The molecule has 0 bridgehead atoms. The van der Waals surface area contributed by atoms with Gasteiger partial charge in [0, 0.05) is 38.2 Å². The summed E-state index contributed by atoms with van der Waals surface area (Å²) in [7, 11) is 6.12. The Hall–Kier alpha value is -1.56. The molecule has 1 heterocycles. The van der Waals surface area contributed by atoms with Gasteiger partial charge in [0.1, 0.15) is 5.76 Å². The Labute approximate surface area is 153 Å². The van der Waals surface area contributed by atoms with E-state index < -0.39 is 0 Å². The first-order valence-corrected chi connectivity index (χ1v) is 9.59. The zero-order chi connectivity index (χ0) is 18.8. The van der Waals surface area contributed by atoms with Crippen LogP contribution in [0, 0.1) is 5.92 Å². The van der Waals surface area contributed by atoms with Crippen LogP contribution in [-0.4, -0.2) is 49.7 Å². The molecule has 144 valence electrons. The number of guanidine groups is 1. The number of rotatable bonds is 10. The maximum absolute atomic E-state index is 5.44. The van der Waals surface area contributed by atoms with Crippen molar-refractivity contribution in [2.75, 3.05) is 27.7 Å². The molecule has 0 spiro atoms. The third kappa shape index (κ3) is 6.03. The number of hydrogen-bond donors (Lipinski definition) is 2. The van der Waals surface area contributed by atoms with Crippen LogP contribution in [0.1, 0.15) is 57.6 Å². The van der Waals surface area contributed by atoms with Crippen molar-refractivity contribution in [3.05, 3.63) is 17.0 Å². The monoisotopic (exact) mass is 351 g/mol. The number of nitrogens with zero attached hydrogens (tertiary/aromatic N) is 3. The highest BCUT2D eigenvalue weighted by Crippen LogP contribution is 2.17. The fourth-order valence-corrected chi connectivity index (χ4v) is 3.34. The van der Waals surface area contributed by atoms with Crippen molar-refractivity contribution >= 4 is 5.96 Å². The number of nitrogens with one attached hydrogen (secondary N) is 2. The van der Waals surface area contributed by atoms with Crippen LogP contribution in [0.3, 0.4) is 0 Å². The van der Waals surface area contributed by atoms with E-state index in [9.17, 15) is 0 Å². The Morgan fingerprint density at radius 1 is 1.12 bits per heavy atom. The van der Waals surface area contributed by atoms with E-state index in [1.54, 1.807) is 0 Å². The van der Waals surface area contributed by atoms with Gasteiger partial charge in [-0.3, -0.25) is 4.99 Å². The Bertz CT molecular complexity index is 498. The van der Waals surface area contributed by atoms with E-state index in [0.29, 0.717) is 18.5 Å². The standard InChI is InChI=1S/C19H37N5O/c1-8-14(9-2)17(24(6)7)13-22-19(20-5)21-12-15-16(10-3)23-25-18(15)11-4/h14,17H,8-13H2,1-7H3,(H2,20,21,22). The van der Waals surface area contributed by atoms with E-state index in [1.807, 2.05) is 7.05 Å². The third-order valence-electron chi connectivity index (χ3n) is 5.00.